The maximum atomic E-state index is 12.3. The zero-order valence-electron chi connectivity index (χ0n) is 12.2. The van der Waals surface area contributed by atoms with Crippen molar-refractivity contribution in [2.75, 3.05) is 4.72 Å². The fraction of sp³-hybridized carbons (Fsp3) is 0.0667. The van der Waals surface area contributed by atoms with E-state index in [1.54, 1.807) is 49.5 Å². The first-order chi connectivity index (χ1) is 11.0. The second-order valence-electron chi connectivity index (χ2n) is 4.66. The summed E-state index contributed by atoms with van der Waals surface area (Å²) in [6.45, 7) is 1.66. The van der Waals surface area contributed by atoms with Gasteiger partial charge in [-0.15, -0.1) is 0 Å². The Morgan fingerprint density at radius 3 is 2.35 bits per heavy atom. The van der Waals surface area contributed by atoms with Crippen molar-refractivity contribution in [2.24, 2.45) is 0 Å². The highest BCUT2D eigenvalue weighted by Crippen LogP contribution is 2.16. The molecular formula is C15H13N5O2S. The van der Waals surface area contributed by atoms with Crippen LogP contribution in [0.25, 0.3) is 11.5 Å². The molecule has 3 rings (SSSR count). The van der Waals surface area contributed by atoms with Gasteiger partial charge in [-0.25, -0.2) is 18.1 Å². The Balaban J connectivity index is 1.97. The molecule has 0 saturated carbocycles. The summed E-state index contributed by atoms with van der Waals surface area (Å²) in [5, 5.41) is 0. The van der Waals surface area contributed by atoms with Crippen molar-refractivity contribution in [1.29, 1.82) is 0 Å². The number of rotatable bonds is 4. The average Bonchev–Trinajstić information content (AvgIpc) is 2.55. The van der Waals surface area contributed by atoms with Crippen LogP contribution in [0.3, 0.4) is 0 Å². The Morgan fingerprint density at radius 2 is 1.65 bits per heavy atom. The van der Waals surface area contributed by atoms with Gasteiger partial charge in [0.2, 0.25) is 5.95 Å². The van der Waals surface area contributed by atoms with E-state index in [4.69, 9.17) is 0 Å². The number of hydrogen-bond acceptors (Lipinski definition) is 6. The number of nitrogens with one attached hydrogen (secondary N) is 1. The topological polar surface area (TPSA) is 97.7 Å². The number of benzene rings is 1. The van der Waals surface area contributed by atoms with E-state index >= 15 is 0 Å². The van der Waals surface area contributed by atoms with Gasteiger partial charge in [-0.05, 0) is 31.2 Å². The monoisotopic (exact) mass is 327 g/mol. The molecule has 0 bridgehead atoms. The van der Waals surface area contributed by atoms with Crippen LogP contribution in [0.5, 0.6) is 0 Å². The lowest BCUT2D eigenvalue weighted by Crippen LogP contribution is -2.16. The second-order valence-corrected chi connectivity index (χ2v) is 6.35. The number of aryl methyl sites for hydroxylation is 1. The van der Waals surface area contributed by atoms with Gasteiger partial charge >= 0.3 is 0 Å². The fourth-order valence-electron chi connectivity index (χ4n) is 1.92. The number of hydrogen-bond donors (Lipinski definition) is 1. The summed E-state index contributed by atoms with van der Waals surface area (Å²) in [5.74, 6) is 0.664. The Morgan fingerprint density at radius 1 is 0.913 bits per heavy atom. The van der Waals surface area contributed by atoms with Crippen molar-refractivity contribution in [3.63, 3.8) is 0 Å². The minimum atomic E-state index is -3.75. The SMILES string of the molecule is Cc1nc(NS(=O)(=O)c2ccccc2)nc(-c2ccccn2)n1. The van der Waals surface area contributed by atoms with Crippen LogP contribution in [0.2, 0.25) is 0 Å². The smallest absolute Gasteiger partial charge is 0.253 e. The van der Waals surface area contributed by atoms with Crippen LogP contribution in [0.15, 0.2) is 59.6 Å². The lowest BCUT2D eigenvalue weighted by Gasteiger charge is -2.08. The van der Waals surface area contributed by atoms with Crippen molar-refractivity contribution in [3.05, 3.63) is 60.6 Å². The lowest BCUT2D eigenvalue weighted by atomic mass is 10.3. The first-order valence-electron chi connectivity index (χ1n) is 6.76. The molecule has 1 N–H and O–H groups in total. The van der Waals surface area contributed by atoms with E-state index in [0.29, 0.717) is 17.3 Å². The molecule has 116 valence electrons. The zero-order chi connectivity index (χ0) is 16.3. The van der Waals surface area contributed by atoms with Crippen LogP contribution in [0, 0.1) is 6.92 Å². The van der Waals surface area contributed by atoms with Crippen LogP contribution < -0.4 is 4.72 Å². The van der Waals surface area contributed by atoms with Gasteiger partial charge in [-0.2, -0.15) is 9.97 Å². The molecule has 0 spiro atoms. The minimum Gasteiger partial charge on any atom is -0.253 e. The number of nitrogens with zero attached hydrogens (tertiary/aromatic N) is 4. The predicted octanol–water partition coefficient (Wildman–Crippen LogP) is 2.04. The van der Waals surface area contributed by atoms with Crippen LogP contribution in [0.1, 0.15) is 5.82 Å². The van der Waals surface area contributed by atoms with E-state index in [1.807, 2.05) is 0 Å². The summed E-state index contributed by atoms with van der Waals surface area (Å²) < 4.78 is 27.0. The maximum absolute atomic E-state index is 12.3. The van der Waals surface area contributed by atoms with Crippen molar-refractivity contribution >= 4 is 16.0 Å². The third kappa shape index (κ3) is 3.49. The zero-order valence-corrected chi connectivity index (χ0v) is 13.0. The summed E-state index contributed by atoms with van der Waals surface area (Å²) in [4.78, 5) is 16.6. The van der Waals surface area contributed by atoms with E-state index in [1.165, 1.54) is 12.1 Å². The molecule has 8 heteroatoms. The minimum absolute atomic E-state index is 0.0398. The van der Waals surface area contributed by atoms with Crippen LogP contribution in [0.4, 0.5) is 5.95 Å². The molecule has 0 aliphatic heterocycles. The lowest BCUT2D eigenvalue weighted by molar-refractivity contribution is 0.600. The Kier molecular flexibility index (Phi) is 3.98. The number of anilines is 1. The van der Waals surface area contributed by atoms with E-state index in [9.17, 15) is 8.42 Å². The summed E-state index contributed by atoms with van der Waals surface area (Å²) in [6, 6.07) is 13.3. The molecular weight excluding hydrogens is 314 g/mol. The standard InChI is InChI=1S/C15H13N5O2S/c1-11-17-14(13-9-5-6-10-16-13)19-15(18-11)20-23(21,22)12-7-3-2-4-8-12/h2-10H,1H3,(H,17,18,19,20). The number of pyridine rings is 1. The Labute approximate surface area is 133 Å². The van der Waals surface area contributed by atoms with Gasteiger partial charge in [0, 0.05) is 6.20 Å². The molecule has 0 fully saturated rings. The highest BCUT2D eigenvalue weighted by atomic mass is 32.2. The summed E-state index contributed by atoms with van der Waals surface area (Å²) in [7, 11) is -3.75. The van der Waals surface area contributed by atoms with Crippen LogP contribution in [-0.2, 0) is 10.0 Å². The van der Waals surface area contributed by atoms with Gasteiger partial charge in [0.25, 0.3) is 10.0 Å². The predicted molar refractivity (Wildman–Crippen MR) is 85.0 cm³/mol. The highest BCUT2D eigenvalue weighted by molar-refractivity contribution is 7.92. The molecule has 1 aromatic carbocycles. The molecule has 3 aromatic rings. The van der Waals surface area contributed by atoms with Crippen molar-refractivity contribution in [2.45, 2.75) is 11.8 Å². The molecule has 0 aliphatic rings. The Hall–Kier alpha value is -2.87. The fourth-order valence-corrected chi connectivity index (χ4v) is 2.88. The molecule has 23 heavy (non-hydrogen) atoms. The van der Waals surface area contributed by atoms with Gasteiger partial charge in [0.05, 0.1) is 4.90 Å². The molecule has 0 radical (unpaired) electrons. The van der Waals surface area contributed by atoms with Crippen LogP contribution >= 0.6 is 0 Å². The second kappa shape index (κ2) is 6.09. The molecule has 0 amide bonds. The maximum Gasteiger partial charge on any atom is 0.264 e. The molecule has 0 saturated heterocycles. The Bertz CT molecular complexity index is 915. The molecule has 7 nitrogen and oxygen atoms in total. The number of aromatic nitrogens is 4. The van der Waals surface area contributed by atoms with Gasteiger partial charge in [0.15, 0.2) is 5.82 Å². The molecule has 2 heterocycles. The van der Waals surface area contributed by atoms with E-state index in [-0.39, 0.29) is 10.8 Å². The van der Waals surface area contributed by atoms with Crippen molar-refractivity contribution in [3.8, 4) is 11.5 Å². The highest BCUT2D eigenvalue weighted by Gasteiger charge is 2.16. The number of sulfonamides is 1. The van der Waals surface area contributed by atoms with E-state index < -0.39 is 10.0 Å². The molecule has 0 unspecified atom stereocenters. The summed E-state index contributed by atoms with van der Waals surface area (Å²) in [5.41, 5.74) is 0.540. The average molecular weight is 327 g/mol. The summed E-state index contributed by atoms with van der Waals surface area (Å²) in [6.07, 6.45) is 1.61. The molecule has 2 aromatic heterocycles. The summed E-state index contributed by atoms with van der Waals surface area (Å²) >= 11 is 0. The van der Waals surface area contributed by atoms with Gasteiger partial charge < -0.3 is 0 Å². The van der Waals surface area contributed by atoms with Crippen molar-refractivity contribution < 1.29 is 8.42 Å². The first kappa shape index (κ1) is 15.0. The molecule has 0 aliphatic carbocycles. The quantitative estimate of drug-likeness (QED) is 0.787. The molecule has 0 atom stereocenters. The largest absolute Gasteiger partial charge is 0.264 e. The third-order valence-corrected chi connectivity index (χ3v) is 4.26. The van der Waals surface area contributed by atoms with Crippen LogP contribution in [-0.4, -0.2) is 28.4 Å². The van der Waals surface area contributed by atoms with Crippen molar-refractivity contribution in [1.82, 2.24) is 19.9 Å². The first-order valence-corrected chi connectivity index (χ1v) is 8.25. The van der Waals surface area contributed by atoms with Gasteiger partial charge in [-0.1, -0.05) is 24.3 Å². The van der Waals surface area contributed by atoms with E-state index in [2.05, 4.69) is 24.7 Å². The normalized spacial score (nSPS) is 11.2. The van der Waals surface area contributed by atoms with Gasteiger partial charge in [0.1, 0.15) is 11.5 Å². The van der Waals surface area contributed by atoms with Gasteiger partial charge in [-0.3, -0.25) is 4.98 Å². The van der Waals surface area contributed by atoms with E-state index in [0.717, 1.165) is 0 Å². The third-order valence-electron chi connectivity index (χ3n) is 2.92.